The smallest absolute Gasteiger partial charge is 0.0848 e. The summed E-state index contributed by atoms with van der Waals surface area (Å²) in [5.74, 6) is 0.688. The molecule has 0 saturated heterocycles. The van der Waals surface area contributed by atoms with Crippen molar-refractivity contribution in [2.45, 2.75) is 26.4 Å². The van der Waals surface area contributed by atoms with Gasteiger partial charge < -0.3 is 10.4 Å². The van der Waals surface area contributed by atoms with E-state index in [0.29, 0.717) is 12.5 Å². The normalized spacial score (nSPS) is 25.5. The second-order valence-electron chi connectivity index (χ2n) is 3.62. The van der Waals surface area contributed by atoms with E-state index in [1.54, 1.807) is 0 Å². The number of nitrogens with one attached hydrogen (secondary N) is 1. The van der Waals surface area contributed by atoms with Gasteiger partial charge in [-0.05, 0) is 12.3 Å². The molecule has 2 heteroatoms. The van der Waals surface area contributed by atoms with Gasteiger partial charge >= 0.3 is 0 Å². The lowest BCUT2D eigenvalue weighted by atomic mass is 9.99. The third kappa shape index (κ3) is 3.04. The summed E-state index contributed by atoms with van der Waals surface area (Å²) in [6.07, 6.45) is 2.82. The monoisotopic (exact) mass is 155 g/mol. The van der Waals surface area contributed by atoms with Crippen LogP contribution in [0.15, 0.2) is 11.6 Å². The SMILES string of the molecule is CC(C)CC1=CC(O)CNC1. The zero-order valence-electron chi connectivity index (χ0n) is 7.30. The molecule has 1 aliphatic heterocycles. The van der Waals surface area contributed by atoms with Crippen LogP contribution in [0.2, 0.25) is 0 Å². The summed E-state index contributed by atoms with van der Waals surface area (Å²) in [6, 6.07) is 0. The van der Waals surface area contributed by atoms with Crippen LogP contribution in [0.3, 0.4) is 0 Å². The van der Waals surface area contributed by atoms with Crippen molar-refractivity contribution in [3.8, 4) is 0 Å². The number of rotatable bonds is 2. The van der Waals surface area contributed by atoms with Gasteiger partial charge in [0.15, 0.2) is 0 Å². The van der Waals surface area contributed by atoms with E-state index in [9.17, 15) is 5.11 Å². The molecule has 0 amide bonds. The van der Waals surface area contributed by atoms with Crippen LogP contribution in [0.4, 0.5) is 0 Å². The van der Waals surface area contributed by atoms with E-state index in [1.807, 2.05) is 6.08 Å². The van der Waals surface area contributed by atoms with Gasteiger partial charge in [0.2, 0.25) is 0 Å². The Bertz CT molecular complexity index is 152. The number of β-amino-alcohol motifs (C(OH)–C–C–N with tert-alkyl or cyclic N) is 1. The molecular formula is C9H17NO. The molecule has 1 aliphatic rings. The fourth-order valence-electron chi connectivity index (χ4n) is 1.44. The van der Waals surface area contributed by atoms with E-state index in [4.69, 9.17) is 0 Å². The third-order valence-electron chi connectivity index (χ3n) is 1.80. The molecule has 0 fully saturated rings. The van der Waals surface area contributed by atoms with Gasteiger partial charge in [0.25, 0.3) is 0 Å². The van der Waals surface area contributed by atoms with Crippen molar-refractivity contribution in [2.75, 3.05) is 13.1 Å². The highest BCUT2D eigenvalue weighted by Gasteiger charge is 2.10. The van der Waals surface area contributed by atoms with Crippen LogP contribution in [-0.2, 0) is 0 Å². The zero-order valence-corrected chi connectivity index (χ0v) is 7.30. The molecule has 0 spiro atoms. The molecule has 0 aliphatic carbocycles. The maximum Gasteiger partial charge on any atom is 0.0848 e. The Hall–Kier alpha value is -0.340. The Morgan fingerprint density at radius 3 is 3.00 bits per heavy atom. The average Bonchev–Trinajstić information content (AvgIpc) is 1.85. The fourth-order valence-corrected chi connectivity index (χ4v) is 1.44. The standard InChI is InChI=1S/C9H17NO/c1-7(2)3-8-4-9(11)6-10-5-8/h4,7,9-11H,3,5-6H2,1-2H3. The van der Waals surface area contributed by atoms with Crippen molar-refractivity contribution in [3.63, 3.8) is 0 Å². The highest BCUT2D eigenvalue weighted by Crippen LogP contribution is 2.12. The van der Waals surface area contributed by atoms with Gasteiger partial charge in [0.1, 0.15) is 0 Å². The van der Waals surface area contributed by atoms with Crippen LogP contribution < -0.4 is 5.32 Å². The number of aliphatic hydroxyl groups excluding tert-OH is 1. The quantitative estimate of drug-likeness (QED) is 0.581. The van der Waals surface area contributed by atoms with Gasteiger partial charge in [-0.15, -0.1) is 0 Å². The molecule has 2 nitrogen and oxygen atoms in total. The molecule has 0 aromatic heterocycles. The van der Waals surface area contributed by atoms with Crippen molar-refractivity contribution in [3.05, 3.63) is 11.6 Å². The molecule has 0 aromatic rings. The van der Waals surface area contributed by atoms with Gasteiger partial charge in [-0.2, -0.15) is 0 Å². The van der Waals surface area contributed by atoms with Crippen LogP contribution >= 0.6 is 0 Å². The maximum atomic E-state index is 9.25. The van der Waals surface area contributed by atoms with Crippen LogP contribution in [0, 0.1) is 5.92 Å². The summed E-state index contributed by atoms with van der Waals surface area (Å²) < 4.78 is 0. The topological polar surface area (TPSA) is 32.3 Å². The molecule has 2 N–H and O–H groups in total. The summed E-state index contributed by atoms with van der Waals surface area (Å²) in [7, 11) is 0. The van der Waals surface area contributed by atoms with Crippen LogP contribution in [-0.4, -0.2) is 24.3 Å². The summed E-state index contributed by atoms with van der Waals surface area (Å²) >= 11 is 0. The Morgan fingerprint density at radius 1 is 1.73 bits per heavy atom. The first kappa shape index (κ1) is 8.75. The highest BCUT2D eigenvalue weighted by atomic mass is 16.3. The Labute approximate surface area is 68.3 Å². The molecule has 0 bridgehead atoms. The van der Waals surface area contributed by atoms with Gasteiger partial charge in [-0.1, -0.05) is 25.5 Å². The van der Waals surface area contributed by atoms with E-state index in [0.717, 1.165) is 13.0 Å². The molecule has 1 atom stereocenters. The van der Waals surface area contributed by atoms with Gasteiger partial charge in [-0.3, -0.25) is 0 Å². The van der Waals surface area contributed by atoms with Crippen molar-refractivity contribution < 1.29 is 5.11 Å². The van der Waals surface area contributed by atoms with E-state index in [-0.39, 0.29) is 6.10 Å². The average molecular weight is 155 g/mol. The summed E-state index contributed by atoms with van der Waals surface area (Å²) in [5, 5.41) is 12.4. The summed E-state index contributed by atoms with van der Waals surface area (Å²) in [4.78, 5) is 0. The molecule has 1 rings (SSSR count). The number of hydrogen-bond acceptors (Lipinski definition) is 2. The lowest BCUT2D eigenvalue weighted by Gasteiger charge is -2.19. The van der Waals surface area contributed by atoms with Crippen LogP contribution in [0.1, 0.15) is 20.3 Å². The minimum atomic E-state index is -0.266. The predicted octanol–water partition coefficient (Wildman–Crippen LogP) is 0.923. The summed E-state index contributed by atoms with van der Waals surface area (Å²) in [6.45, 7) is 6.06. The van der Waals surface area contributed by atoms with Gasteiger partial charge in [-0.25, -0.2) is 0 Å². The first-order valence-electron chi connectivity index (χ1n) is 4.27. The number of aliphatic hydroxyl groups is 1. The molecule has 0 saturated carbocycles. The highest BCUT2D eigenvalue weighted by molar-refractivity contribution is 5.11. The Kier molecular flexibility index (Phi) is 3.09. The lowest BCUT2D eigenvalue weighted by Crippen LogP contribution is -2.32. The van der Waals surface area contributed by atoms with Gasteiger partial charge in [0, 0.05) is 13.1 Å². The third-order valence-corrected chi connectivity index (χ3v) is 1.80. The molecule has 1 unspecified atom stereocenters. The van der Waals surface area contributed by atoms with Gasteiger partial charge in [0.05, 0.1) is 6.10 Å². The van der Waals surface area contributed by atoms with E-state index in [1.165, 1.54) is 5.57 Å². The van der Waals surface area contributed by atoms with Crippen molar-refractivity contribution >= 4 is 0 Å². The van der Waals surface area contributed by atoms with Crippen molar-refractivity contribution in [1.29, 1.82) is 0 Å². The molecule has 0 radical (unpaired) electrons. The predicted molar refractivity (Wildman–Crippen MR) is 46.4 cm³/mol. The Balaban J connectivity index is 2.43. The second kappa shape index (κ2) is 3.88. The largest absolute Gasteiger partial charge is 0.388 e. The molecule has 1 heterocycles. The second-order valence-corrected chi connectivity index (χ2v) is 3.62. The lowest BCUT2D eigenvalue weighted by molar-refractivity contribution is 0.212. The maximum absolute atomic E-state index is 9.25. The fraction of sp³-hybridized carbons (Fsp3) is 0.778. The van der Waals surface area contributed by atoms with Crippen molar-refractivity contribution in [1.82, 2.24) is 5.32 Å². The molecular weight excluding hydrogens is 138 g/mol. The Morgan fingerprint density at radius 2 is 2.45 bits per heavy atom. The van der Waals surface area contributed by atoms with E-state index in [2.05, 4.69) is 19.2 Å². The zero-order chi connectivity index (χ0) is 8.27. The molecule has 11 heavy (non-hydrogen) atoms. The van der Waals surface area contributed by atoms with Crippen molar-refractivity contribution in [2.24, 2.45) is 5.92 Å². The van der Waals surface area contributed by atoms with Crippen LogP contribution in [0.25, 0.3) is 0 Å². The number of hydrogen-bond donors (Lipinski definition) is 2. The van der Waals surface area contributed by atoms with Crippen LogP contribution in [0.5, 0.6) is 0 Å². The van der Waals surface area contributed by atoms with E-state index >= 15 is 0 Å². The minimum absolute atomic E-state index is 0.266. The first-order chi connectivity index (χ1) is 5.18. The summed E-state index contributed by atoms with van der Waals surface area (Å²) in [5.41, 5.74) is 1.35. The minimum Gasteiger partial charge on any atom is -0.388 e. The molecule has 64 valence electrons. The van der Waals surface area contributed by atoms with E-state index < -0.39 is 0 Å². The first-order valence-corrected chi connectivity index (χ1v) is 4.27. The molecule has 0 aromatic carbocycles.